The monoisotopic (exact) mass is 1120 g/mol. The van der Waals surface area contributed by atoms with E-state index in [1.807, 2.05) is 97.6 Å². The number of halogens is 2. The van der Waals surface area contributed by atoms with E-state index in [0.29, 0.717) is 39.3 Å². The minimum Gasteiger partial charge on any atom is -0.850 e. The third-order valence-electron chi connectivity index (χ3n) is 9.44. The molecule has 72 heavy (non-hydrogen) atoms. The Morgan fingerprint density at radius 2 is 0.667 bits per heavy atom. The minimum absolute atomic E-state index is 0. The van der Waals surface area contributed by atoms with Gasteiger partial charge < -0.3 is 15.0 Å². The van der Waals surface area contributed by atoms with Crippen LogP contribution >= 0.6 is 0 Å². The summed E-state index contributed by atoms with van der Waals surface area (Å²) in [4.78, 5) is 32.5. The fourth-order valence-electron chi connectivity index (χ4n) is 7.08. The van der Waals surface area contributed by atoms with Crippen LogP contribution in [0.1, 0.15) is 43.5 Å². The van der Waals surface area contributed by atoms with Gasteiger partial charge in [-0.15, -0.1) is 26.6 Å². The van der Waals surface area contributed by atoms with Crippen LogP contribution in [0.3, 0.4) is 0 Å². The SMILES string of the molecule is CC#N.CC#N.CC(=O)[O-].[O-]C(CN(Cc1nccc2ccccc12)Cc1nccc2ccccc12)CN(Cc1nccc2ccccc12)Cc1nccc2ccccc12.[O-][Cl+3]([O-])([O-])[O-].[O-][Cl+3]([O-])([O-])[O-].[Zn+2].[Zn+2]. The number of nitrogens with zero attached hydrogens (tertiary/aromatic N) is 8. The maximum absolute atomic E-state index is 14.4. The first-order valence-corrected chi connectivity index (χ1v) is 23.1. The fourth-order valence-corrected chi connectivity index (χ4v) is 7.08. The van der Waals surface area contributed by atoms with Crippen molar-refractivity contribution < 1.29 is 112 Å². The van der Waals surface area contributed by atoms with Crippen molar-refractivity contribution in [2.24, 2.45) is 0 Å². The zero-order valence-corrected chi connectivity index (χ0v) is 46.9. The molecule has 0 fully saturated rings. The zero-order chi connectivity index (χ0) is 51.7. The maximum atomic E-state index is 14.4. The van der Waals surface area contributed by atoms with Crippen molar-refractivity contribution in [1.82, 2.24) is 29.7 Å². The number of fused-ring (bicyclic) bond motifs is 4. The second-order valence-electron chi connectivity index (χ2n) is 14.6. The predicted molar refractivity (Wildman–Crippen MR) is 232 cm³/mol. The molecule has 366 valence electrons. The molecule has 8 rings (SSSR count). The van der Waals surface area contributed by atoms with Crippen LogP contribution in [0.25, 0.3) is 43.1 Å². The zero-order valence-electron chi connectivity index (χ0n) is 39.4. The van der Waals surface area contributed by atoms with Crippen LogP contribution < -0.4 is 47.5 Å². The van der Waals surface area contributed by atoms with E-state index >= 15 is 0 Å². The second-order valence-corrected chi connectivity index (χ2v) is 16.1. The summed E-state index contributed by atoms with van der Waals surface area (Å²) in [6.45, 7) is 6.58. The standard InChI is InChI=1S/C43H37N6O.2C2H3N.C2H4O2.2ClHO4.2Zn/c50-35(25-48(27-40-36-13-5-1-9-31(36)17-21-44-40)28-41-37-14-6-2-10-32(37)18-22-45-41)26-49(29-42-38-15-7-3-11-33(38)19-23-46-42)30-43-39-16-8-4-12-34(39)20-24-47-43;2*1-2-3;1-2(3)4;2*2-1(3,4)5;;/h1-24,35H,25-30H2;2*1H3;1H3,(H,3,4);2*(H,2,3,4,5);;/q-1;;;;;;2*+2/p-3. The fraction of sp³-hybridized carbons (Fsp3) is 0.204. The van der Waals surface area contributed by atoms with Gasteiger partial charge in [0.25, 0.3) is 0 Å². The molecule has 23 heteroatoms. The normalized spacial score (nSPS) is 10.5. The summed E-state index contributed by atoms with van der Waals surface area (Å²) in [6.07, 6.45) is 6.51. The van der Waals surface area contributed by atoms with Gasteiger partial charge in [-0.2, -0.15) is 10.5 Å². The molecule has 0 radical (unpaired) electrons. The van der Waals surface area contributed by atoms with Gasteiger partial charge in [-0.25, -0.2) is 37.3 Å². The Morgan fingerprint density at radius 3 is 0.861 bits per heavy atom. The molecule has 0 aliphatic heterocycles. The summed E-state index contributed by atoms with van der Waals surface area (Å²) in [7, 11) is -9.89. The van der Waals surface area contributed by atoms with E-state index in [9.17, 15) is 5.11 Å². The first-order valence-electron chi connectivity index (χ1n) is 20.7. The van der Waals surface area contributed by atoms with E-state index in [4.69, 9.17) is 77.6 Å². The third kappa shape index (κ3) is 24.7. The molecule has 0 N–H and O–H groups in total. The number of carbonyl (C=O) groups is 1. The van der Waals surface area contributed by atoms with Crippen LogP contribution in [0.4, 0.5) is 0 Å². The van der Waals surface area contributed by atoms with Crippen LogP contribution in [0, 0.1) is 43.1 Å². The summed E-state index contributed by atoms with van der Waals surface area (Å²) >= 11 is 0. The van der Waals surface area contributed by atoms with Crippen molar-refractivity contribution in [2.75, 3.05) is 13.1 Å². The number of hydrogen-bond acceptors (Lipinski definition) is 19. The van der Waals surface area contributed by atoms with E-state index in [1.54, 1.807) is 12.1 Å². The smallest absolute Gasteiger partial charge is 0.850 e. The molecule has 0 bridgehead atoms. The molecular weight excluding hydrogens is 1080 g/mol. The van der Waals surface area contributed by atoms with Gasteiger partial charge in [-0.1, -0.05) is 97.1 Å². The van der Waals surface area contributed by atoms with Gasteiger partial charge in [0.05, 0.1) is 34.9 Å². The number of pyridine rings is 4. The molecule has 0 aliphatic rings. The summed E-state index contributed by atoms with van der Waals surface area (Å²) in [6, 6.07) is 44.8. The van der Waals surface area contributed by atoms with Gasteiger partial charge in [0.2, 0.25) is 0 Å². The molecule has 0 saturated heterocycles. The van der Waals surface area contributed by atoms with Crippen molar-refractivity contribution in [3.05, 3.63) is 169 Å². The predicted octanol–water partition coefficient (Wildman–Crippen LogP) is -2.39. The Balaban J connectivity index is 0.00000101. The molecule has 0 saturated carbocycles. The van der Waals surface area contributed by atoms with E-state index in [-0.39, 0.29) is 39.0 Å². The number of carbonyl (C=O) groups excluding carboxylic acids is 1. The number of hydrogen-bond donors (Lipinski definition) is 0. The van der Waals surface area contributed by atoms with Crippen LogP contribution in [-0.2, 0) is 69.9 Å². The molecule has 4 heterocycles. The summed E-state index contributed by atoms with van der Waals surface area (Å²) in [5, 5.41) is 46.9. The first kappa shape index (κ1) is 64.4. The van der Waals surface area contributed by atoms with Gasteiger partial charge >= 0.3 is 39.0 Å². The van der Waals surface area contributed by atoms with Gasteiger partial charge in [-0.05, 0) is 65.8 Å². The Labute approximate surface area is 445 Å². The third-order valence-corrected chi connectivity index (χ3v) is 9.44. The number of aliphatic carboxylic acids is 1. The van der Waals surface area contributed by atoms with Crippen LogP contribution in [-0.4, -0.2) is 54.9 Å². The Kier molecular flexibility index (Phi) is 29.6. The number of nitriles is 2. The van der Waals surface area contributed by atoms with E-state index in [0.717, 1.165) is 72.8 Å². The molecule has 0 spiro atoms. The number of benzene rings is 4. The summed E-state index contributed by atoms with van der Waals surface area (Å²) < 4.78 is 67.9. The Morgan fingerprint density at radius 1 is 0.486 bits per heavy atom. The molecule has 4 aromatic heterocycles. The molecule has 0 amide bonds. The first-order chi connectivity index (χ1) is 33.2. The molecule has 0 aliphatic carbocycles. The van der Waals surface area contributed by atoms with Crippen molar-refractivity contribution >= 4 is 49.1 Å². The quantitative estimate of drug-likeness (QED) is 0.115. The number of carboxylic acid groups (broad SMARTS) is 1. The topological polar surface area (TPSA) is 353 Å². The summed E-state index contributed by atoms with van der Waals surface area (Å²) in [5.74, 6) is -1.08. The molecule has 0 unspecified atom stereocenters. The second kappa shape index (κ2) is 33.2. The van der Waals surface area contributed by atoms with E-state index < -0.39 is 32.6 Å². The molecule has 4 aromatic carbocycles. The van der Waals surface area contributed by atoms with Gasteiger partial charge in [0.15, 0.2) is 0 Å². The van der Waals surface area contributed by atoms with Crippen LogP contribution in [0.15, 0.2) is 146 Å². The van der Waals surface area contributed by atoms with Crippen molar-refractivity contribution in [2.45, 2.75) is 53.1 Å². The molecule has 0 atom stereocenters. The van der Waals surface area contributed by atoms with Crippen LogP contribution in [0.5, 0.6) is 0 Å². The van der Waals surface area contributed by atoms with Gasteiger partial charge in [0.1, 0.15) is 0 Å². The van der Waals surface area contributed by atoms with Crippen molar-refractivity contribution in [3.8, 4) is 12.1 Å². The number of aromatic nitrogens is 4. The van der Waals surface area contributed by atoms with Crippen molar-refractivity contribution in [1.29, 1.82) is 10.5 Å². The van der Waals surface area contributed by atoms with Crippen LogP contribution in [0.2, 0.25) is 0 Å². The molecule has 8 aromatic rings. The molecular formula is C49H46Cl2N8O11Zn2. The average Bonchev–Trinajstić information content (AvgIpc) is 3.29. The number of carboxylic acids is 1. The van der Waals surface area contributed by atoms with E-state index in [1.165, 1.54) is 13.8 Å². The molecule has 19 nitrogen and oxygen atoms in total. The van der Waals surface area contributed by atoms with Gasteiger partial charge in [-0.3, -0.25) is 29.7 Å². The maximum Gasteiger partial charge on any atom is 2.00 e. The van der Waals surface area contributed by atoms with Gasteiger partial charge in [0, 0.05) is 92.3 Å². The average molecular weight is 1120 g/mol. The van der Waals surface area contributed by atoms with Crippen molar-refractivity contribution in [3.63, 3.8) is 0 Å². The largest absolute Gasteiger partial charge is 2.00 e. The Hall–Kier alpha value is -5.64. The van der Waals surface area contributed by atoms with E-state index in [2.05, 4.69) is 58.3 Å². The Bertz CT molecular complexity index is 2590. The summed E-state index contributed by atoms with van der Waals surface area (Å²) in [5.41, 5.74) is 3.80. The number of rotatable bonds is 12. The minimum atomic E-state index is -4.94.